The minimum absolute atomic E-state index is 0.0231. The van der Waals surface area contributed by atoms with E-state index < -0.39 is 16.5 Å². The summed E-state index contributed by atoms with van der Waals surface area (Å²) < 4.78 is 10.3. The number of carbonyl (C=O) groups excluding carboxylic acids is 1. The molecule has 1 aromatic rings. The van der Waals surface area contributed by atoms with Gasteiger partial charge in [0.05, 0.1) is 18.6 Å². The summed E-state index contributed by atoms with van der Waals surface area (Å²) in [7, 11) is 1.31. The van der Waals surface area contributed by atoms with Gasteiger partial charge in [0.25, 0.3) is 5.69 Å². The van der Waals surface area contributed by atoms with E-state index in [9.17, 15) is 14.9 Å². The molecule has 6 nitrogen and oxygen atoms in total. The second-order valence-electron chi connectivity index (χ2n) is 4.29. The summed E-state index contributed by atoms with van der Waals surface area (Å²) in [6.07, 6.45) is 0.479. The highest BCUT2D eigenvalue weighted by molar-refractivity contribution is 5.78. The van der Waals surface area contributed by atoms with Crippen molar-refractivity contribution in [1.29, 1.82) is 0 Å². The molecule has 0 heterocycles. The van der Waals surface area contributed by atoms with Crippen LogP contribution < -0.4 is 0 Å². The van der Waals surface area contributed by atoms with Gasteiger partial charge in [-0.1, -0.05) is 6.92 Å². The molecule has 0 radical (unpaired) electrons. The monoisotopic (exact) mass is 267 g/mol. The molecule has 0 aliphatic rings. The number of esters is 1. The van der Waals surface area contributed by atoms with Crippen molar-refractivity contribution in [2.24, 2.45) is 0 Å². The van der Waals surface area contributed by atoms with Crippen LogP contribution in [0.5, 0.6) is 0 Å². The molecule has 1 rings (SSSR count). The Morgan fingerprint density at radius 2 is 1.95 bits per heavy atom. The lowest BCUT2D eigenvalue weighted by atomic mass is 10.0. The zero-order valence-electron chi connectivity index (χ0n) is 11.2. The molecule has 0 amide bonds. The van der Waals surface area contributed by atoms with Gasteiger partial charge in [-0.2, -0.15) is 0 Å². The van der Waals surface area contributed by atoms with Crippen molar-refractivity contribution in [1.82, 2.24) is 0 Å². The number of ether oxygens (including phenoxy) is 2. The summed E-state index contributed by atoms with van der Waals surface area (Å²) in [4.78, 5) is 21.6. The quantitative estimate of drug-likeness (QED) is 0.449. The Hall–Kier alpha value is -1.95. The highest BCUT2D eigenvalue weighted by Crippen LogP contribution is 2.20. The van der Waals surface area contributed by atoms with Crippen LogP contribution in [0.4, 0.5) is 5.69 Å². The average molecular weight is 267 g/mol. The van der Waals surface area contributed by atoms with E-state index in [1.165, 1.54) is 19.2 Å². The van der Waals surface area contributed by atoms with Crippen molar-refractivity contribution in [3.63, 3.8) is 0 Å². The van der Waals surface area contributed by atoms with Crippen molar-refractivity contribution in [3.05, 3.63) is 39.9 Å². The minimum Gasteiger partial charge on any atom is -0.467 e. The first-order chi connectivity index (χ1) is 8.92. The summed E-state index contributed by atoms with van der Waals surface area (Å²) >= 11 is 0. The largest absolute Gasteiger partial charge is 0.467 e. The van der Waals surface area contributed by atoms with E-state index in [4.69, 9.17) is 9.47 Å². The van der Waals surface area contributed by atoms with Crippen LogP contribution >= 0.6 is 0 Å². The molecule has 1 atom stereocenters. The maximum atomic E-state index is 11.6. The number of nitro benzene ring substituents is 1. The molecule has 0 spiro atoms. The van der Waals surface area contributed by atoms with Crippen LogP contribution in [0.25, 0.3) is 0 Å². The van der Waals surface area contributed by atoms with E-state index in [1.54, 1.807) is 19.1 Å². The van der Waals surface area contributed by atoms with Gasteiger partial charge in [-0.05, 0) is 31.0 Å². The zero-order chi connectivity index (χ0) is 14.5. The van der Waals surface area contributed by atoms with Crippen molar-refractivity contribution in [2.75, 3.05) is 7.11 Å². The van der Waals surface area contributed by atoms with Crippen LogP contribution in [0.2, 0.25) is 0 Å². The third-order valence-electron chi connectivity index (χ3n) is 3.00. The highest BCUT2D eigenvalue weighted by atomic mass is 16.6. The maximum absolute atomic E-state index is 11.6. The van der Waals surface area contributed by atoms with Gasteiger partial charge in [0.1, 0.15) is 0 Å². The molecule has 0 aromatic heterocycles. The lowest BCUT2D eigenvalue weighted by Crippen LogP contribution is -2.38. The Balaban J connectivity index is 2.70. The van der Waals surface area contributed by atoms with E-state index in [0.717, 1.165) is 5.56 Å². The van der Waals surface area contributed by atoms with Crippen molar-refractivity contribution in [2.45, 2.75) is 32.5 Å². The summed E-state index contributed by atoms with van der Waals surface area (Å²) in [5.74, 6) is -0.433. The number of carbonyl (C=O) groups is 1. The number of hydrogen-bond acceptors (Lipinski definition) is 5. The Morgan fingerprint density at radius 3 is 2.37 bits per heavy atom. The van der Waals surface area contributed by atoms with E-state index >= 15 is 0 Å². The average Bonchev–Trinajstić information content (AvgIpc) is 2.44. The Labute approximate surface area is 111 Å². The summed E-state index contributed by atoms with van der Waals surface area (Å²) in [5.41, 5.74) is -0.222. The lowest BCUT2D eigenvalue weighted by Gasteiger charge is -2.25. The molecule has 0 N–H and O–H groups in total. The van der Waals surface area contributed by atoms with E-state index in [0.29, 0.717) is 6.42 Å². The fraction of sp³-hybridized carbons (Fsp3) is 0.462. The second-order valence-corrected chi connectivity index (χ2v) is 4.29. The fourth-order valence-corrected chi connectivity index (χ4v) is 1.48. The van der Waals surface area contributed by atoms with Crippen LogP contribution in [0.1, 0.15) is 25.8 Å². The van der Waals surface area contributed by atoms with Gasteiger partial charge in [-0.3, -0.25) is 10.1 Å². The molecule has 19 heavy (non-hydrogen) atoms. The molecule has 0 fully saturated rings. The topological polar surface area (TPSA) is 78.7 Å². The predicted molar refractivity (Wildman–Crippen MR) is 68.6 cm³/mol. The molecule has 0 aliphatic heterocycles. The van der Waals surface area contributed by atoms with Gasteiger partial charge in [-0.15, -0.1) is 0 Å². The van der Waals surface area contributed by atoms with E-state index in [-0.39, 0.29) is 12.3 Å². The van der Waals surface area contributed by atoms with Crippen LogP contribution in [0.15, 0.2) is 24.3 Å². The van der Waals surface area contributed by atoms with Crippen LogP contribution in [0, 0.1) is 10.1 Å². The molecular weight excluding hydrogens is 250 g/mol. The summed E-state index contributed by atoms with van der Waals surface area (Å²) in [6, 6.07) is 6.01. The number of hydrogen-bond donors (Lipinski definition) is 0. The van der Waals surface area contributed by atoms with Gasteiger partial charge >= 0.3 is 5.97 Å². The van der Waals surface area contributed by atoms with Crippen molar-refractivity contribution in [3.8, 4) is 0 Å². The molecule has 0 saturated carbocycles. The predicted octanol–water partition coefficient (Wildman–Crippen LogP) is 2.45. The lowest BCUT2D eigenvalue weighted by molar-refractivity contribution is -0.384. The normalized spacial score (nSPS) is 13.6. The number of nitrogens with zero attached hydrogens (tertiary/aromatic N) is 1. The molecule has 6 heteroatoms. The molecule has 1 unspecified atom stereocenters. The molecule has 0 saturated heterocycles. The van der Waals surface area contributed by atoms with E-state index in [1.807, 2.05) is 6.92 Å². The molecule has 0 bridgehead atoms. The number of benzene rings is 1. The Kier molecular flexibility index (Phi) is 5.00. The SMILES string of the molecule is CCC(C)(OCc1ccc([N+](=O)[O-])cc1)C(=O)OC. The van der Waals surface area contributed by atoms with Gasteiger partial charge in [0.15, 0.2) is 5.60 Å². The number of rotatable bonds is 6. The molecule has 0 aliphatic carbocycles. The third kappa shape index (κ3) is 3.75. The number of non-ortho nitro benzene ring substituents is 1. The molecular formula is C13H17NO5. The van der Waals surface area contributed by atoms with Crippen molar-refractivity contribution >= 4 is 11.7 Å². The molecule has 104 valence electrons. The second kappa shape index (κ2) is 6.29. The zero-order valence-corrected chi connectivity index (χ0v) is 11.2. The number of methoxy groups -OCH3 is 1. The van der Waals surface area contributed by atoms with Crippen LogP contribution in [-0.2, 0) is 20.9 Å². The van der Waals surface area contributed by atoms with Crippen LogP contribution in [0.3, 0.4) is 0 Å². The maximum Gasteiger partial charge on any atom is 0.337 e. The van der Waals surface area contributed by atoms with Crippen molar-refractivity contribution < 1.29 is 19.2 Å². The number of nitro groups is 1. The third-order valence-corrected chi connectivity index (χ3v) is 3.00. The summed E-state index contributed by atoms with van der Waals surface area (Å²) in [5, 5.41) is 10.5. The highest BCUT2D eigenvalue weighted by Gasteiger charge is 2.33. The van der Waals surface area contributed by atoms with Crippen LogP contribution in [-0.4, -0.2) is 23.6 Å². The van der Waals surface area contributed by atoms with E-state index in [2.05, 4.69) is 0 Å². The summed E-state index contributed by atoms with van der Waals surface area (Å²) in [6.45, 7) is 3.68. The van der Waals surface area contributed by atoms with Gasteiger partial charge in [-0.25, -0.2) is 4.79 Å². The minimum atomic E-state index is -1.00. The fourth-order valence-electron chi connectivity index (χ4n) is 1.48. The van der Waals surface area contributed by atoms with Gasteiger partial charge in [0.2, 0.25) is 0 Å². The first-order valence-corrected chi connectivity index (χ1v) is 5.88. The first-order valence-electron chi connectivity index (χ1n) is 5.88. The molecule has 1 aromatic carbocycles. The Bertz CT molecular complexity index is 457. The Morgan fingerprint density at radius 1 is 1.37 bits per heavy atom. The standard InChI is InChI=1S/C13H17NO5/c1-4-13(2,12(15)18-3)19-9-10-5-7-11(8-6-10)14(16)17/h5-8H,4,9H2,1-3H3. The first kappa shape index (κ1) is 15.1. The van der Waals surface area contributed by atoms with Gasteiger partial charge in [0, 0.05) is 12.1 Å². The van der Waals surface area contributed by atoms with Gasteiger partial charge < -0.3 is 9.47 Å². The smallest absolute Gasteiger partial charge is 0.337 e.